The van der Waals surface area contributed by atoms with Gasteiger partial charge in [0.1, 0.15) is 0 Å². The third-order valence-corrected chi connectivity index (χ3v) is 6.04. The molecule has 0 amide bonds. The molecule has 2 atom stereocenters. The van der Waals surface area contributed by atoms with Gasteiger partial charge in [-0.15, -0.1) is 0 Å². The Morgan fingerprint density at radius 2 is 1.79 bits per heavy atom. The van der Waals surface area contributed by atoms with Gasteiger partial charge in [-0.25, -0.2) is 0 Å². The molecule has 2 fully saturated rings. The summed E-state index contributed by atoms with van der Waals surface area (Å²) in [6.07, 6.45) is 3.77. The smallest absolute Gasteiger partial charge is 0.370 e. The Labute approximate surface area is 165 Å². The average molecular weight is 397 g/mol. The average Bonchev–Trinajstić information content (AvgIpc) is 2.67. The van der Waals surface area contributed by atoms with Crippen molar-refractivity contribution in [1.82, 2.24) is 10.2 Å². The summed E-state index contributed by atoms with van der Waals surface area (Å²) in [5, 5.41) is 3.34. The van der Waals surface area contributed by atoms with E-state index in [0.717, 1.165) is 37.8 Å². The molecule has 1 heterocycles. The quantitative estimate of drug-likeness (QED) is 0.589. The predicted molar refractivity (Wildman–Crippen MR) is 106 cm³/mol. The van der Waals surface area contributed by atoms with Crippen LogP contribution in [0.3, 0.4) is 0 Å². The fourth-order valence-corrected chi connectivity index (χ4v) is 4.56. The van der Waals surface area contributed by atoms with Gasteiger partial charge in [0.25, 0.3) is 0 Å². The minimum absolute atomic E-state index is 0.0577. The minimum Gasteiger partial charge on any atom is -0.370 e. The molecule has 7 heteroatoms. The molecule has 1 saturated heterocycles. The molecule has 28 heavy (non-hydrogen) atoms. The van der Waals surface area contributed by atoms with Crippen molar-refractivity contribution in [3.63, 3.8) is 0 Å². The van der Waals surface area contributed by atoms with Gasteiger partial charge in [-0.1, -0.05) is 31.4 Å². The maximum absolute atomic E-state index is 12.9. The number of guanidine groups is 1. The number of piperidine rings is 1. The van der Waals surface area contributed by atoms with Gasteiger partial charge in [-0.2, -0.15) is 13.2 Å². The van der Waals surface area contributed by atoms with Crippen LogP contribution in [0.1, 0.15) is 62.1 Å². The van der Waals surface area contributed by atoms with E-state index in [1.54, 1.807) is 12.1 Å². The van der Waals surface area contributed by atoms with Crippen molar-refractivity contribution >= 4 is 5.96 Å². The molecule has 4 nitrogen and oxygen atoms in total. The van der Waals surface area contributed by atoms with Crippen LogP contribution in [0.4, 0.5) is 13.2 Å². The molecule has 1 aromatic rings. The maximum atomic E-state index is 12.9. The third-order valence-electron chi connectivity index (χ3n) is 6.04. The fourth-order valence-electron chi connectivity index (χ4n) is 4.56. The maximum Gasteiger partial charge on any atom is 0.416 e. The summed E-state index contributed by atoms with van der Waals surface area (Å²) in [6, 6.07) is 6.04. The van der Waals surface area contributed by atoms with Crippen LogP contribution in [0.25, 0.3) is 0 Å². The number of aliphatic imine (C=N–C) groups is 1. The summed E-state index contributed by atoms with van der Waals surface area (Å²) in [4.78, 5) is 6.80. The van der Waals surface area contributed by atoms with Gasteiger partial charge in [0, 0.05) is 18.6 Å². The number of halogens is 3. The highest BCUT2D eigenvalue weighted by Crippen LogP contribution is 2.37. The van der Waals surface area contributed by atoms with E-state index in [1.165, 1.54) is 31.4 Å². The molecule has 2 aliphatic rings. The van der Waals surface area contributed by atoms with Crippen molar-refractivity contribution in [3.8, 4) is 0 Å². The van der Waals surface area contributed by atoms with Crippen molar-refractivity contribution < 1.29 is 13.2 Å². The molecular weight excluding hydrogens is 365 g/mol. The molecule has 3 N–H and O–H groups in total. The first-order valence-electron chi connectivity index (χ1n) is 10.3. The van der Waals surface area contributed by atoms with Crippen LogP contribution >= 0.6 is 0 Å². The largest absolute Gasteiger partial charge is 0.416 e. The van der Waals surface area contributed by atoms with Crippen molar-refractivity contribution in [2.45, 2.75) is 63.2 Å². The molecule has 0 spiro atoms. The number of nitrogens with zero attached hydrogens (tertiary/aromatic N) is 2. The van der Waals surface area contributed by atoms with Crippen LogP contribution in [0.2, 0.25) is 0 Å². The van der Waals surface area contributed by atoms with E-state index < -0.39 is 11.7 Å². The van der Waals surface area contributed by atoms with E-state index in [2.05, 4.69) is 15.2 Å². The third kappa shape index (κ3) is 5.40. The lowest BCUT2D eigenvalue weighted by Crippen LogP contribution is -2.42. The summed E-state index contributed by atoms with van der Waals surface area (Å²) >= 11 is 0. The Morgan fingerprint density at radius 3 is 2.43 bits per heavy atom. The summed E-state index contributed by atoms with van der Waals surface area (Å²) in [7, 11) is 2.03. The Hall–Kier alpha value is -1.76. The van der Waals surface area contributed by atoms with E-state index in [4.69, 9.17) is 5.73 Å². The summed E-state index contributed by atoms with van der Waals surface area (Å²) < 4.78 is 38.6. The molecule has 1 saturated carbocycles. The van der Waals surface area contributed by atoms with Gasteiger partial charge < -0.3 is 11.1 Å². The first-order valence-corrected chi connectivity index (χ1v) is 10.3. The van der Waals surface area contributed by atoms with E-state index in [0.29, 0.717) is 18.5 Å². The van der Waals surface area contributed by atoms with Crippen molar-refractivity contribution in [3.05, 3.63) is 35.4 Å². The van der Waals surface area contributed by atoms with Gasteiger partial charge in [0.15, 0.2) is 5.96 Å². The molecule has 1 aromatic carbocycles. The predicted octanol–water partition coefficient (Wildman–Crippen LogP) is 4.33. The number of nitrogens with two attached hydrogens (primary N) is 1. The van der Waals surface area contributed by atoms with Gasteiger partial charge >= 0.3 is 6.18 Å². The molecule has 2 unspecified atom stereocenters. The summed E-state index contributed by atoms with van der Waals surface area (Å²) in [5.74, 6) is 0.730. The monoisotopic (exact) mass is 396 g/mol. The normalized spacial score (nSPS) is 25.6. The molecule has 156 valence electrons. The van der Waals surface area contributed by atoms with Crippen LogP contribution in [0, 0.1) is 5.92 Å². The zero-order valence-corrected chi connectivity index (χ0v) is 16.5. The second-order valence-corrected chi connectivity index (χ2v) is 8.15. The van der Waals surface area contributed by atoms with E-state index in [1.807, 2.05) is 7.05 Å². The highest BCUT2D eigenvalue weighted by molar-refractivity contribution is 5.78. The highest BCUT2D eigenvalue weighted by Gasteiger charge is 2.33. The lowest BCUT2D eigenvalue weighted by Gasteiger charge is -2.39. The zero-order valence-electron chi connectivity index (χ0n) is 16.5. The van der Waals surface area contributed by atoms with Crippen molar-refractivity contribution in [1.29, 1.82) is 0 Å². The number of likely N-dealkylation sites (tertiary alicyclic amines) is 1. The highest BCUT2D eigenvalue weighted by atomic mass is 19.4. The van der Waals surface area contributed by atoms with Crippen LogP contribution in [-0.2, 0) is 6.18 Å². The van der Waals surface area contributed by atoms with Crippen LogP contribution < -0.4 is 11.1 Å². The second kappa shape index (κ2) is 9.16. The summed E-state index contributed by atoms with van der Waals surface area (Å²) in [5.41, 5.74) is 6.41. The van der Waals surface area contributed by atoms with Crippen molar-refractivity contribution in [2.24, 2.45) is 16.6 Å². The molecule has 3 rings (SSSR count). The number of hydrogen-bond donors (Lipinski definition) is 2. The van der Waals surface area contributed by atoms with Gasteiger partial charge in [-0.3, -0.25) is 9.89 Å². The first kappa shape index (κ1) is 21.0. The lowest BCUT2D eigenvalue weighted by atomic mass is 9.84. The topological polar surface area (TPSA) is 53.6 Å². The molecule has 1 aliphatic carbocycles. The van der Waals surface area contributed by atoms with Gasteiger partial charge in [-0.05, 0) is 62.9 Å². The number of hydrogen-bond acceptors (Lipinski definition) is 2. The standard InChI is InChI=1S/C21H31F3N4/c1-28-13-5-6-16(14-26-20(25)27-18-7-3-2-4-8-18)19(28)15-9-11-17(12-10-15)21(22,23)24/h9-12,16,18-19H,2-8,13-14H2,1H3,(H3,25,26,27). The van der Waals surface area contributed by atoms with Crippen LogP contribution in [-0.4, -0.2) is 37.0 Å². The van der Waals surface area contributed by atoms with E-state index in [9.17, 15) is 13.2 Å². The minimum atomic E-state index is -4.31. The Bertz CT molecular complexity index is 651. The summed E-state index contributed by atoms with van der Waals surface area (Å²) in [6.45, 7) is 1.52. The van der Waals surface area contributed by atoms with Crippen molar-refractivity contribution in [2.75, 3.05) is 20.1 Å². The van der Waals surface area contributed by atoms with E-state index in [-0.39, 0.29) is 12.0 Å². The van der Waals surface area contributed by atoms with Crippen LogP contribution in [0.15, 0.2) is 29.3 Å². The SMILES string of the molecule is CN1CCCC(CN=C(N)NC2CCCCC2)C1c1ccc(C(F)(F)F)cc1. The fraction of sp³-hybridized carbons (Fsp3) is 0.667. The van der Waals surface area contributed by atoms with Gasteiger partial charge in [0.05, 0.1) is 5.56 Å². The number of rotatable bonds is 4. The number of alkyl halides is 3. The second-order valence-electron chi connectivity index (χ2n) is 8.15. The Balaban J connectivity index is 1.67. The first-order chi connectivity index (χ1) is 13.3. The Morgan fingerprint density at radius 1 is 1.11 bits per heavy atom. The molecule has 0 bridgehead atoms. The zero-order chi connectivity index (χ0) is 20.1. The van der Waals surface area contributed by atoms with Gasteiger partial charge in [0.2, 0.25) is 0 Å². The van der Waals surface area contributed by atoms with Crippen LogP contribution in [0.5, 0.6) is 0 Å². The number of nitrogens with one attached hydrogen (secondary N) is 1. The molecule has 0 radical (unpaired) electrons. The Kier molecular flexibility index (Phi) is 6.86. The molecule has 1 aliphatic heterocycles. The number of benzene rings is 1. The lowest BCUT2D eigenvalue weighted by molar-refractivity contribution is -0.137. The van der Waals surface area contributed by atoms with E-state index >= 15 is 0 Å². The molecular formula is C21H31F3N4. The molecule has 0 aromatic heterocycles.